The van der Waals surface area contributed by atoms with E-state index in [1.807, 2.05) is 19.1 Å². The summed E-state index contributed by atoms with van der Waals surface area (Å²) in [5, 5.41) is 6.28. The molecule has 0 aliphatic heterocycles. The molecule has 0 radical (unpaired) electrons. The Labute approximate surface area is 184 Å². The maximum Gasteiger partial charge on any atom is 0.329 e. The second-order valence-electron chi connectivity index (χ2n) is 6.81. The Hall–Kier alpha value is -4.20. The average Bonchev–Trinajstić information content (AvgIpc) is 2.80. The minimum atomic E-state index is -0.904. The Bertz CT molecular complexity index is 1130. The summed E-state index contributed by atoms with van der Waals surface area (Å²) in [4.78, 5) is 23.9. The summed E-state index contributed by atoms with van der Waals surface area (Å²) >= 11 is 0. The van der Waals surface area contributed by atoms with E-state index in [0.717, 1.165) is 5.56 Å². The summed E-state index contributed by atoms with van der Waals surface area (Å²) in [6.07, 6.45) is 1.36. The average molecular weight is 435 g/mol. The largest absolute Gasteiger partial charge is 0.493 e. The van der Waals surface area contributed by atoms with Gasteiger partial charge in [0, 0.05) is 11.3 Å². The summed E-state index contributed by atoms with van der Waals surface area (Å²) in [6, 6.07) is 18.4. The van der Waals surface area contributed by atoms with Crippen molar-refractivity contribution in [3.05, 3.63) is 89.2 Å². The van der Waals surface area contributed by atoms with E-state index in [4.69, 9.17) is 9.47 Å². The minimum absolute atomic E-state index is 0.0443. The lowest BCUT2D eigenvalue weighted by molar-refractivity contribution is -0.136. The molecule has 7 nitrogen and oxygen atoms in total. The molecule has 0 bridgehead atoms. The number of nitrogens with zero attached hydrogens (tertiary/aromatic N) is 1. The molecule has 164 valence electrons. The zero-order valence-electron chi connectivity index (χ0n) is 17.6. The Morgan fingerprint density at radius 3 is 2.47 bits per heavy atom. The molecule has 0 saturated heterocycles. The van der Waals surface area contributed by atoms with Crippen LogP contribution in [0.2, 0.25) is 0 Å². The lowest BCUT2D eigenvalue weighted by Gasteiger charge is -2.11. The van der Waals surface area contributed by atoms with E-state index in [2.05, 4.69) is 15.8 Å². The first-order chi connectivity index (χ1) is 15.5. The van der Waals surface area contributed by atoms with Crippen molar-refractivity contribution >= 4 is 23.7 Å². The SMILES string of the molecule is COc1cc(/C=N/NC(=O)C(=O)Nc2ccc(C)cc2)ccc1OCc1ccccc1F. The van der Waals surface area contributed by atoms with Gasteiger partial charge in [0.05, 0.1) is 13.3 Å². The molecule has 8 heteroatoms. The lowest BCUT2D eigenvalue weighted by atomic mass is 10.2. The van der Waals surface area contributed by atoms with Gasteiger partial charge in [-0.05, 0) is 48.9 Å². The van der Waals surface area contributed by atoms with Crippen molar-refractivity contribution in [3.8, 4) is 11.5 Å². The van der Waals surface area contributed by atoms with Crippen LogP contribution in [0.1, 0.15) is 16.7 Å². The number of hydrogen-bond acceptors (Lipinski definition) is 5. The molecule has 0 atom stereocenters. The third-order valence-electron chi connectivity index (χ3n) is 4.42. The van der Waals surface area contributed by atoms with Crippen LogP contribution in [0.25, 0.3) is 0 Å². The number of amides is 2. The van der Waals surface area contributed by atoms with Crippen molar-refractivity contribution in [1.82, 2.24) is 5.43 Å². The van der Waals surface area contributed by atoms with Crippen molar-refractivity contribution in [1.29, 1.82) is 0 Å². The van der Waals surface area contributed by atoms with Crippen LogP contribution in [0.5, 0.6) is 11.5 Å². The van der Waals surface area contributed by atoms with Crippen LogP contribution in [0.3, 0.4) is 0 Å². The van der Waals surface area contributed by atoms with Crippen molar-refractivity contribution in [2.45, 2.75) is 13.5 Å². The second-order valence-corrected chi connectivity index (χ2v) is 6.81. The fraction of sp³-hybridized carbons (Fsp3) is 0.125. The molecular formula is C24H22FN3O4. The van der Waals surface area contributed by atoms with Crippen LogP contribution < -0.4 is 20.2 Å². The van der Waals surface area contributed by atoms with Crippen LogP contribution in [0.15, 0.2) is 71.8 Å². The Kier molecular flexibility index (Phi) is 7.53. The van der Waals surface area contributed by atoms with E-state index in [-0.39, 0.29) is 12.4 Å². The lowest BCUT2D eigenvalue weighted by Crippen LogP contribution is -2.32. The van der Waals surface area contributed by atoms with Gasteiger partial charge in [-0.3, -0.25) is 9.59 Å². The number of carbonyl (C=O) groups is 2. The van der Waals surface area contributed by atoms with Crippen LogP contribution in [-0.2, 0) is 16.2 Å². The van der Waals surface area contributed by atoms with E-state index >= 15 is 0 Å². The number of anilines is 1. The topological polar surface area (TPSA) is 89.0 Å². The number of hydrogen-bond donors (Lipinski definition) is 2. The van der Waals surface area contributed by atoms with Gasteiger partial charge in [-0.1, -0.05) is 35.9 Å². The highest BCUT2D eigenvalue weighted by Crippen LogP contribution is 2.28. The maximum atomic E-state index is 13.7. The quantitative estimate of drug-likeness (QED) is 0.336. The zero-order chi connectivity index (χ0) is 22.9. The first kappa shape index (κ1) is 22.5. The van der Waals surface area contributed by atoms with Gasteiger partial charge < -0.3 is 14.8 Å². The minimum Gasteiger partial charge on any atom is -0.493 e. The van der Waals surface area contributed by atoms with Gasteiger partial charge in [0.25, 0.3) is 0 Å². The van der Waals surface area contributed by atoms with Crippen LogP contribution >= 0.6 is 0 Å². The molecule has 32 heavy (non-hydrogen) atoms. The molecule has 0 unspecified atom stereocenters. The smallest absolute Gasteiger partial charge is 0.329 e. The maximum absolute atomic E-state index is 13.7. The van der Waals surface area contributed by atoms with E-state index in [9.17, 15) is 14.0 Å². The van der Waals surface area contributed by atoms with Gasteiger partial charge in [0.2, 0.25) is 0 Å². The normalized spacial score (nSPS) is 10.6. The highest BCUT2D eigenvalue weighted by molar-refractivity contribution is 6.39. The molecule has 3 aromatic rings. The van der Waals surface area contributed by atoms with E-state index < -0.39 is 11.8 Å². The van der Waals surface area contributed by atoms with Gasteiger partial charge in [-0.25, -0.2) is 9.82 Å². The molecule has 0 spiro atoms. The zero-order valence-corrected chi connectivity index (χ0v) is 17.6. The third kappa shape index (κ3) is 6.15. The third-order valence-corrected chi connectivity index (χ3v) is 4.42. The molecule has 3 aromatic carbocycles. The summed E-state index contributed by atoms with van der Waals surface area (Å²) < 4.78 is 24.7. The monoisotopic (exact) mass is 435 g/mol. The highest BCUT2D eigenvalue weighted by atomic mass is 19.1. The fourth-order valence-corrected chi connectivity index (χ4v) is 2.70. The van der Waals surface area contributed by atoms with Crippen molar-refractivity contribution in [2.75, 3.05) is 12.4 Å². The van der Waals surface area contributed by atoms with Crippen molar-refractivity contribution in [2.24, 2.45) is 5.10 Å². The summed E-state index contributed by atoms with van der Waals surface area (Å²) in [5.74, 6) is -1.25. The molecular weight excluding hydrogens is 413 g/mol. The van der Waals surface area contributed by atoms with Crippen LogP contribution in [-0.4, -0.2) is 25.1 Å². The summed E-state index contributed by atoms with van der Waals surface area (Å²) in [5.41, 5.74) is 4.74. The number of benzene rings is 3. The van der Waals surface area contributed by atoms with Crippen LogP contribution in [0.4, 0.5) is 10.1 Å². The number of methoxy groups -OCH3 is 1. The van der Waals surface area contributed by atoms with E-state index in [0.29, 0.717) is 28.3 Å². The molecule has 0 saturated carbocycles. The van der Waals surface area contributed by atoms with Crippen LogP contribution in [0, 0.1) is 12.7 Å². The molecule has 2 amide bonds. The number of halogens is 1. The number of ether oxygens (including phenoxy) is 2. The standard InChI is InChI=1S/C24H22FN3O4/c1-16-7-10-19(11-8-16)27-23(29)24(30)28-26-14-17-9-12-21(22(13-17)31-2)32-15-18-5-3-4-6-20(18)25/h3-14H,15H2,1-2H3,(H,27,29)(H,28,30)/b26-14+. The first-order valence-electron chi connectivity index (χ1n) is 9.71. The molecule has 0 aromatic heterocycles. The summed E-state index contributed by atoms with van der Waals surface area (Å²) in [6.45, 7) is 1.96. The Balaban J connectivity index is 1.57. The molecule has 0 heterocycles. The number of aryl methyl sites for hydroxylation is 1. The molecule has 0 aliphatic carbocycles. The van der Waals surface area contributed by atoms with E-state index in [1.54, 1.807) is 48.5 Å². The molecule has 0 fully saturated rings. The number of nitrogens with one attached hydrogen (secondary N) is 2. The van der Waals surface area contributed by atoms with E-state index in [1.165, 1.54) is 19.4 Å². The Morgan fingerprint density at radius 2 is 1.75 bits per heavy atom. The second kappa shape index (κ2) is 10.7. The molecule has 3 rings (SSSR count). The predicted molar refractivity (Wildman–Crippen MR) is 119 cm³/mol. The predicted octanol–water partition coefficient (Wildman–Crippen LogP) is 3.81. The Morgan fingerprint density at radius 1 is 1.00 bits per heavy atom. The molecule has 0 aliphatic rings. The van der Waals surface area contributed by atoms with Crippen molar-refractivity contribution in [3.63, 3.8) is 0 Å². The fourth-order valence-electron chi connectivity index (χ4n) is 2.70. The van der Waals surface area contributed by atoms with Gasteiger partial charge >= 0.3 is 11.8 Å². The van der Waals surface area contributed by atoms with Crippen molar-refractivity contribution < 1.29 is 23.5 Å². The molecule has 2 N–H and O–H groups in total. The first-order valence-corrected chi connectivity index (χ1v) is 9.71. The number of carbonyl (C=O) groups excluding carboxylic acids is 2. The summed E-state index contributed by atoms with van der Waals surface area (Å²) in [7, 11) is 1.48. The van der Waals surface area contributed by atoms with Gasteiger partial charge in [0.1, 0.15) is 12.4 Å². The van der Waals surface area contributed by atoms with Gasteiger partial charge in [-0.2, -0.15) is 5.10 Å². The van der Waals surface area contributed by atoms with Gasteiger partial charge in [0.15, 0.2) is 11.5 Å². The number of hydrazone groups is 1. The highest BCUT2D eigenvalue weighted by Gasteiger charge is 2.13. The number of rotatable bonds is 7. The van der Waals surface area contributed by atoms with Gasteiger partial charge in [-0.15, -0.1) is 0 Å².